The quantitative estimate of drug-likeness (QED) is 0.842. The molecule has 0 saturated carbocycles. The zero-order valence-corrected chi connectivity index (χ0v) is 12.1. The molecule has 2 heterocycles. The highest BCUT2D eigenvalue weighted by molar-refractivity contribution is 7.89. The van der Waals surface area contributed by atoms with Crippen molar-refractivity contribution in [3.8, 4) is 0 Å². The highest BCUT2D eigenvalue weighted by Crippen LogP contribution is 2.39. The first-order valence-corrected chi connectivity index (χ1v) is 7.82. The molecule has 2 saturated heterocycles. The number of benzene rings is 1. The predicted molar refractivity (Wildman–Crippen MR) is 73.3 cm³/mol. The van der Waals surface area contributed by atoms with Gasteiger partial charge in [0.05, 0.1) is 4.90 Å². The zero-order valence-electron chi connectivity index (χ0n) is 10.5. The topological polar surface area (TPSA) is 37.4 Å². The number of hydrogen-bond donors (Lipinski definition) is 0. The van der Waals surface area contributed by atoms with Gasteiger partial charge in [0.15, 0.2) is 0 Å². The summed E-state index contributed by atoms with van der Waals surface area (Å²) in [4.78, 5) is 0.0845. The number of fused-ring (bicyclic) bond motifs is 2. The van der Waals surface area contributed by atoms with E-state index in [0.717, 1.165) is 38.2 Å². The summed E-state index contributed by atoms with van der Waals surface area (Å²) < 4.78 is 39.9. The van der Waals surface area contributed by atoms with E-state index in [9.17, 15) is 12.8 Å². The van der Waals surface area contributed by atoms with Gasteiger partial charge in [0.25, 0.3) is 0 Å². The molecule has 3 nitrogen and oxygen atoms in total. The smallest absolute Gasteiger partial charge is 0.207 e. The van der Waals surface area contributed by atoms with Crippen LogP contribution in [0.25, 0.3) is 0 Å². The Morgan fingerprint density at radius 2 is 1.74 bits per heavy atom. The summed E-state index contributed by atoms with van der Waals surface area (Å²) >= 11 is 0. The van der Waals surface area contributed by atoms with Crippen LogP contribution < -0.4 is 0 Å². The maximum atomic E-state index is 13.2. The Labute approximate surface area is 119 Å². The van der Waals surface area contributed by atoms with Crippen LogP contribution in [-0.4, -0.2) is 24.8 Å². The second-order valence-corrected chi connectivity index (χ2v) is 6.95. The standard InChI is InChI=1S/C13H16FNO2S.ClH/c14-10-3-1-6-13(9-10)18(16,17)15-11-4-2-5-12(15)8-7-11;/h1,3,6,9,11-12H,2,4-5,7-8H2;1H. The van der Waals surface area contributed by atoms with Crippen molar-refractivity contribution in [2.75, 3.05) is 0 Å². The third-order valence-electron chi connectivity index (χ3n) is 4.00. The second kappa shape index (κ2) is 5.38. The molecular formula is C13H17ClFNO2S. The molecule has 2 aliphatic rings. The van der Waals surface area contributed by atoms with Crippen LogP contribution in [0.1, 0.15) is 32.1 Å². The van der Waals surface area contributed by atoms with Crippen molar-refractivity contribution in [1.29, 1.82) is 0 Å². The monoisotopic (exact) mass is 305 g/mol. The van der Waals surface area contributed by atoms with Gasteiger partial charge in [0.1, 0.15) is 5.82 Å². The van der Waals surface area contributed by atoms with E-state index in [0.29, 0.717) is 0 Å². The summed E-state index contributed by atoms with van der Waals surface area (Å²) in [5, 5.41) is 0. The Bertz CT molecular complexity index is 548. The van der Waals surface area contributed by atoms with Crippen molar-refractivity contribution in [2.45, 2.75) is 49.1 Å². The van der Waals surface area contributed by atoms with E-state index in [2.05, 4.69) is 0 Å². The van der Waals surface area contributed by atoms with Crippen LogP contribution in [0.3, 0.4) is 0 Å². The normalized spacial score (nSPS) is 27.0. The first-order valence-electron chi connectivity index (χ1n) is 6.38. The molecule has 19 heavy (non-hydrogen) atoms. The van der Waals surface area contributed by atoms with Crippen LogP contribution >= 0.6 is 12.4 Å². The number of nitrogens with zero attached hydrogens (tertiary/aromatic N) is 1. The Morgan fingerprint density at radius 1 is 1.11 bits per heavy atom. The minimum Gasteiger partial charge on any atom is -0.207 e. The lowest BCUT2D eigenvalue weighted by molar-refractivity contribution is 0.248. The van der Waals surface area contributed by atoms with Gasteiger partial charge in [-0.15, -0.1) is 12.4 Å². The van der Waals surface area contributed by atoms with E-state index < -0.39 is 15.8 Å². The Kier molecular flexibility index (Phi) is 4.18. The number of hydrogen-bond acceptors (Lipinski definition) is 2. The largest absolute Gasteiger partial charge is 0.243 e. The fourth-order valence-corrected chi connectivity index (χ4v) is 5.17. The summed E-state index contributed by atoms with van der Waals surface area (Å²) in [6.07, 6.45) is 4.86. The molecule has 0 radical (unpaired) electrons. The van der Waals surface area contributed by atoms with Gasteiger partial charge in [-0.1, -0.05) is 12.5 Å². The van der Waals surface area contributed by atoms with Gasteiger partial charge in [0.2, 0.25) is 10.0 Å². The third kappa shape index (κ3) is 2.51. The van der Waals surface area contributed by atoms with Gasteiger partial charge in [-0.2, -0.15) is 4.31 Å². The van der Waals surface area contributed by atoms with Gasteiger partial charge in [-0.05, 0) is 43.9 Å². The SMILES string of the molecule is Cl.O=S(=O)(c1cccc(F)c1)N1C2CCCC1CC2. The number of piperidine rings is 1. The van der Waals surface area contributed by atoms with Gasteiger partial charge in [-0.25, -0.2) is 12.8 Å². The van der Waals surface area contributed by atoms with Crippen LogP contribution in [0.15, 0.2) is 29.2 Å². The molecule has 1 aromatic rings. The van der Waals surface area contributed by atoms with E-state index in [1.165, 1.54) is 18.2 Å². The van der Waals surface area contributed by atoms with Crippen molar-refractivity contribution < 1.29 is 12.8 Å². The molecule has 2 atom stereocenters. The number of rotatable bonds is 2. The van der Waals surface area contributed by atoms with E-state index in [4.69, 9.17) is 0 Å². The first-order chi connectivity index (χ1) is 8.59. The van der Waals surface area contributed by atoms with Crippen molar-refractivity contribution in [3.63, 3.8) is 0 Å². The van der Waals surface area contributed by atoms with Gasteiger partial charge < -0.3 is 0 Å². The van der Waals surface area contributed by atoms with Crippen molar-refractivity contribution in [1.82, 2.24) is 4.31 Å². The molecule has 3 rings (SSSR count). The minimum absolute atomic E-state index is 0. The Morgan fingerprint density at radius 3 is 2.32 bits per heavy atom. The summed E-state index contributed by atoms with van der Waals surface area (Å²) in [6, 6.07) is 5.56. The molecule has 2 aliphatic heterocycles. The molecular weight excluding hydrogens is 289 g/mol. The van der Waals surface area contributed by atoms with Crippen LogP contribution in [0.2, 0.25) is 0 Å². The highest BCUT2D eigenvalue weighted by Gasteiger charge is 2.44. The molecule has 106 valence electrons. The predicted octanol–water partition coefficient (Wildman–Crippen LogP) is 2.95. The Balaban J connectivity index is 0.00000133. The molecule has 2 bridgehead atoms. The van der Waals surface area contributed by atoms with Crippen molar-refractivity contribution >= 4 is 22.4 Å². The number of halogens is 2. The molecule has 6 heteroatoms. The van der Waals surface area contributed by atoms with E-state index in [1.54, 1.807) is 4.31 Å². The molecule has 0 spiro atoms. The Hall–Kier alpha value is -0.650. The van der Waals surface area contributed by atoms with Crippen molar-refractivity contribution in [2.24, 2.45) is 0 Å². The summed E-state index contributed by atoms with van der Waals surface area (Å²) in [5.41, 5.74) is 0. The van der Waals surface area contributed by atoms with Crippen LogP contribution in [0.5, 0.6) is 0 Å². The average molecular weight is 306 g/mol. The second-order valence-electron chi connectivity index (χ2n) is 5.11. The molecule has 0 aromatic heterocycles. The van der Waals surface area contributed by atoms with Crippen LogP contribution in [-0.2, 0) is 10.0 Å². The maximum Gasteiger partial charge on any atom is 0.243 e. The molecule has 0 aliphatic carbocycles. The molecule has 2 unspecified atom stereocenters. The zero-order chi connectivity index (χ0) is 12.8. The number of sulfonamides is 1. The van der Waals surface area contributed by atoms with Crippen LogP contribution in [0, 0.1) is 5.82 Å². The van der Waals surface area contributed by atoms with Crippen molar-refractivity contribution in [3.05, 3.63) is 30.1 Å². The summed E-state index contributed by atoms with van der Waals surface area (Å²) in [7, 11) is -3.53. The van der Waals surface area contributed by atoms with Gasteiger partial charge in [-0.3, -0.25) is 0 Å². The van der Waals surface area contributed by atoms with Crippen LogP contribution in [0.4, 0.5) is 4.39 Å². The average Bonchev–Trinajstić information content (AvgIpc) is 2.61. The fraction of sp³-hybridized carbons (Fsp3) is 0.538. The molecule has 2 fully saturated rings. The molecule has 0 N–H and O–H groups in total. The lowest BCUT2D eigenvalue weighted by atomic mass is 10.1. The lowest BCUT2D eigenvalue weighted by Gasteiger charge is -2.33. The molecule has 1 aromatic carbocycles. The third-order valence-corrected chi connectivity index (χ3v) is 6.00. The lowest BCUT2D eigenvalue weighted by Crippen LogP contribution is -2.43. The van der Waals surface area contributed by atoms with E-state index in [1.807, 2.05) is 0 Å². The minimum atomic E-state index is -3.53. The van der Waals surface area contributed by atoms with E-state index in [-0.39, 0.29) is 29.4 Å². The highest BCUT2D eigenvalue weighted by atomic mass is 35.5. The van der Waals surface area contributed by atoms with E-state index >= 15 is 0 Å². The summed E-state index contributed by atoms with van der Waals surface area (Å²) in [5.74, 6) is -0.500. The maximum absolute atomic E-state index is 13.2. The van der Waals surface area contributed by atoms with Gasteiger partial charge >= 0.3 is 0 Å². The molecule has 0 amide bonds. The first kappa shape index (κ1) is 14.8. The summed E-state index contributed by atoms with van der Waals surface area (Å²) in [6.45, 7) is 0. The fourth-order valence-electron chi connectivity index (χ4n) is 3.21. The van der Waals surface area contributed by atoms with Gasteiger partial charge in [0, 0.05) is 12.1 Å².